The van der Waals surface area contributed by atoms with Gasteiger partial charge in [-0.3, -0.25) is 4.79 Å². The van der Waals surface area contributed by atoms with Gasteiger partial charge in [0.1, 0.15) is 11.9 Å². The minimum atomic E-state index is -0.230. The van der Waals surface area contributed by atoms with Gasteiger partial charge < -0.3 is 9.88 Å². The van der Waals surface area contributed by atoms with E-state index < -0.39 is 0 Å². The van der Waals surface area contributed by atoms with Crippen LogP contribution in [0.15, 0.2) is 24.3 Å². The van der Waals surface area contributed by atoms with Crippen LogP contribution in [-0.4, -0.2) is 21.0 Å². The minimum absolute atomic E-state index is 0.0653. The van der Waals surface area contributed by atoms with Gasteiger partial charge in [0.25, 0.3) is 0 Å². The van der Waals surface area contributed by atoms with E-state index in [-0.39, 0.29) is 17.5 Å². The lowest BCUT2D eigenvalue weighted by Crippen LogP contribution is -2.44. The zero-order valence-electron chi connectivity index (χ0n) is 14.3. The summed E-state index contributed by atoms with van der Waals surface area (Å²) in [6.07, 6.45) is 2.65. The first-order valence-corrected chi connectivity index (χ1v) is 8.15. The number of fused-ring (bicyclic) bond motifs is 1. The van der Waals surface area contributed by atoms with E-state index in [9.17, 15) is 4.79 Å². The van der Waals surface area contributed by atoms with Crippen molar-refractivity contribution < 1.29 is 4.79 Å². The SMILES string of the molecule is CCCc1nc2ccccc2n1C(CC)C(=O)NC(C)(C)C. The number of benzene rings is 1. The number of imidazole rings is 1. The number of para-hydroxylation sites is 2. The Bertz CT molecular complexity index is 652. The summed E-state index contributed by atoms with van der Waals surface area (Å²) >= 11 is 0. The van der Waals surface area contributed by atoms with Crippen molar-refractivity contribution in [3.8, 4) is 0 Å². The summed E-state index contributed by atoms with van der Waals surface area (Å²) in [7, 11) is 0. The molecule has 1 N–H and O–H groups in total. The van der Waals surface area contributed by atoms with Gasteiger partial charge in [-0.25, -0.2) is 4.98 Å². The molecule has 0 fully saturated rings. The molecule has 1 aromatic carbocycles. The lowest BCUT2D eigenvalue weighted by Gasteiger charge is -2.26. The molecule has 0 radical (unpaired) electrons. The van der Waals surface area contributed by atoms with Crippen LogP contribution >= 0.6 is 0 Å². The van der Waals surface area contributed by atoms with Crippen molar-refractivity contribution in [2.24, 2.45) is 0 Å². The smallest absolute Gasteiger partial charge is 0.243 e. The monoisotopic (exact) mass is 301 g/mol. The molecule has 0 aliphatic carbocycles. The molecule has 1 unspecified atom stereocenters. The second-order valence-electron chi connectivity index (χ2n) is 6.80. The maximum Gasteiger partial charge on any atom is 0.243 e. The summed E-state index contributed by atoms with van der Waals surface area (Å²) in [5.41, 5.74) is 1.78. The van der Waals surface area contributed by atoms with Crippen LogP contribution in [0.1, 0.15) is 59.3 Å². The quantitative estimate of drug-likeness (QED) is 0.911. The Labute approximate surface area is 132 Å². The number of carbonyl (C=O) groups is 1. The molecule has 1 amide bonds. The molecule has 22 heavy (non-hydrogen) atoms. The topological polar surface area (TPSA) is 46.9 Å². The largest absolute Gasteiger partial charge is 0.350 e. The number of hydrogen-bond donors (Lipinski definition) is 1. The van der Waals surface area contributed by atoms with Gasteiger partial charge in [0.05, 0.1) is 11.0 Å². The molecule has 4 nitrogen and oxygen atoms in total. The van der Waals surface area contributed by atoms with Crippen LogP contribution in [0, 0.1) is 0 Å². The molecule has 4 heteroatoms. The fourth-order valence-corrected chi connectivity index (χ4v) is 2.78. The summed E-state index contributed by atoms with van der Waals surface area (Å²) in [4.78, 5) is 17.5. The molecule has 0 spiro atoms. The van der Waals surface area contributed by atoms with Crippen molar-refractivity contribution in [1.29, 1.82) is 0 Å². The molecule has 1 heterocycles. The summed E-state index contributed by atoms with van der Waals surface area (Å²) < 4.78 is 2.12. The Morgan fingerprint density at radius 3 is 2.55 bits per heavy atom. The first-order chi connectivity index (χ1) is 10.4. The van der Waals surface area contributed by atoms with Gasteiger partial charge in [0, 0.05) is 12.0 Å². The number of aryl methyl sites for hydroxylation is 1. The number of carbonyl (C=O) groups excluding carboxylic acids is 1. The van der Waals surface area contributed by atoms with Crippen molar-refractivity contribution in [3.05, 3.63) is 30.1 Å². The van der Waals surface area contributed by atoms with E-state index in [1.165, 1.54) is 0 Å². The fraction of sp³-hybridized carbons (Fsp3) is 0.556. The molecule has 120 valence electrons. The van der Waals surface area contributed by atoms with Gasteiger partial charge in [-0.05, 0) is 45.7 Å². The highest BCUT2D eigenvalue weighted by Gasteiger charge is 2.26. The summed E-state index contributed by atoms with van der Waals surface area (Å²) in [6.45, 7) is 10.2. The van der Waals surface area contributed by atoms with E-state index in [4.69, 9.17) is 4.98 Å². The van der Waals surface area contributed by atoms with Crippen LogP contribution in [0.3, 0.4) is 0 Å². The molecular weight excluding hydrogens is 274 g/mol. The summed E-state index contributed by atoms with van der Waals surface area (Å²) in [5.74, 6) is 1.06. The number of rotatable bonds is 5. The van der Waals surface area contributed by atoms with Gasteiger partial charge in [-0.15, -0.1) is 0 Å². The summed E-state index contributed by atoms with van der Waals surface area (Å²) in [5, 5.41) is 3.10. The molecule has 0 saturated heterocycles. The number of nitrogens with one attached hydrogen (secondary N) is 1. The zero-order chi connectivity index (χ0) is 16.3. The highest BCUT2D eigenvalue weighted by Crippen LogP contribution is 2.25. The van der Waals surface area contributed by atoms with E-state index in [1.807, 2.05) is 39.0 Å². The first-order valence-electron chi connectivity index (χ1n) is 8.15. The maximum absolute atomic E-state index is 12.7. The maximum atomic E-state index is 12.7. The third kappa shape index (κ3) is 3.49. The number of amides is 1. The highest BCUT2D eigenvalue weighted by atomic mass is 16.2. The lowest BCUT2D eigenvalue weighted by atomic mass is 10.1. The Morgan fingerprint density at radius 2 is 1.95 bits per heavy atom. The van der Waals surface area contributed by atoms with Crippen LogP contribution < -0.4 is 5.32 Å². The number of aromatic nitrogens is 2. The highest BCUT2D eigenvalue weighted by molar-refractivity contribution is 5.84. The molecule has 1 aromatic heterocycles. The van der Waals surface area contributed by atoms with Gasteiger partial charge >= 0.3 is 0 Å². The molecule has 0 saturated carbocycles. The minimum Gasteiger partial charge on any atom is -0.350 e. The third-order valence-corrected chi connectivity index (χ3v) is 3.64. The molecule has 0 aliphatic rings. The Balaban J connectivity index is 2.49. The second-order valence-corrected chi connectivity index (χ2v) is 6.80. The third-order valence-electron chi connectivity index (χ3n) is 3.64. The molecule has 2 rings (SSSR count). The number of nitrogens with zero attached hydrogens (tertiary/aromatic N) is 2. The average molecular weight is 301 g/mol. The summed E-state index contributed by atoms with van der Waals surface area (Å²) in [6, 6.07) is 7.84. The van der Waals surface area contributed by atoms with E-state index in [0.717, 1.165) is 36.1 Å². The van der Waals surface area contributed by atoms with E-state index in [0.29, 0.717) is 0 Å². The average Bonchev–Trinajstić information content (AvgIpc) is 2.77. The molecule has 2 aromatic rings. The first kappa shape index (κ1) is 16.5. The predicted octanol–water partition coefficient (Wildman–Crippen LogP) is 3.85. The van der Waals surface area contributed by atoms with Crippen molar-refractivity contribution in [2.45, 2.75) is 65.5 Å². The van der Waals surface area contributed by atoms with Crippen LogP contribution in [-0.2, 0) is 11.2 Å². The van der Waals surface area contributed by atoms with Crippen LogP contribution in [0.2, 0.25) is 0 Å². The second kappa shape index (κ2) is 6.51. The molecule has 0 bridgehead atoms. The zero-order valence-corrected chi connectivity index (χ0v) is 14.3. The van der Waals surface area contributed by atoms with E-state index >= 15 is 0 Å². The normalized spacial score (nSPS) is 13.3. The Hall–Kier alpha value is -1.84. The molecule has 0 aliphatic heterocycles. The Morgan fingerprint density at radius 1 is 1.27 bits per heavy atom. The molecule has 1 atom stereocenters. The van der Waals surface area contributed by atoms with Crippen LogP contribution in [0.5, 0.6) is 0 Å². The van der Waals surface area contributed by atoms with E-state index in [1.54, 1.807) is 0 Å². The number of hydrogen-bond acceptors (Lipinski definition) is 2. The van der Waals surface area contributed by atoms with Gasteiger partial charge in [-0.2, -0.15) is 0 Å². The lowest BCUT2D eigenvalue weighted by molar-refractivity contribution is -0.125. The van der Waals surface area contributed by atoms with Crippen molar-refractivity contribution >= 4 is 16.9 Å². The molecular formula is C18H27N3O. The van der Waals surface area contributed by atoms with E-state index in [2.05, 4.69) is 29.8 Å². The van der Waals surface area contributed by atoms with Crippen LogP contribution in [0.25, 0.3) is 11.0 Å². The predicted molar refractivity (Wildman–Crippen MR) is 91.0 cm³/mol. The van der Waals surface area contributed by atoms with Crippen LogP contribution in [0.4, 0.5) is 0 Å². The standard InChI is InChI=1S/C18H27N3O/c1-6-10-16-19-13-11-8-9-12-15(13)21(16)14(7-2)17(22)20-18(3,4)5/h8-9,11-12,14H,6-7,10H2,1-5H3,(H,20,22). The van der Waals surface area contributed by atoms with Gasteiger partial charge in [0.2, 0.25) is 5.91 Å². The fourth-order valence-electron chi connectivity index (χ4n) is 2.78. The van der Waals surface area contributed by atoms with Crippen molar-refractivity contribution in [2.75, 3.05) is 0 Å². The van der Waals surface area contributed by atoms with Crippen molar-refractivity contribution in [3.63, 3.8) is 0 Å². The Kier molecular flexibility index (Phi) is 4.89. The van der Waals surface area contributed by atoms with Gasteiger partial charge in [-0.1, -0.05) is 26.0 Å². The van der Waals surface area contributed by atoms with Crippen molar-refractivity contribution in [1.82, 2.24) is 14.9 Å². The van der Waals surface area contributed by atoms with Gasteiger partial charge in [0.15, 0.2) is 0 Å².